The molecule has 0 saturated carbocycles. The van der Waals surface area contributed by atoms with Crippen LogP contribution in [0, 0.1) is 0 Å². The number of aryl methyl sites for hydroxylation is 2. The number of hydrogen-bond donors (Lipinski definition) is 0. The number of fused-ring (bicyclic) bond motifs is 1. The zero-order valence-corrected chi connectivity index (χ0v) is 10.8. The van der Waals surface area contributed by atoms with Crippen molar-refractivity contribution in [2.24, 2.45) is 0 Å². The molecule has 1 aromatic carbocycles. The van der Waals surface area contributed by atoms with Crippen molar-refractivity contribution in [3.05, 3.63) is 34.9 Å². The first-order valence-electron chi connectivity index (χ1n) is 6.48. The van der Waals surface area contributed by atoms with E-state index in [4.69, 9.17) is 0 Å². The standard InChI is InChI=1S/C15H23N/c1-12(2)16(3)11-13-8-9-14-6-4-5-7-15(14)10-13/h8-10,12H,4-7,11H2,1-3H3. The maximum Gasteiger partial charge on any atom is 0.0233 e. The Balaban J connectivity index is 2.11. The van der Waals surface area contributed by atoms with Crippen LogP contribution in [0.25, 0.3) is 0 Å². The summed E-state index contributed by atoms with van der Waals surface area (Å²) in [5.41, 5.74) is 4.65. The molecule has 1 aliphatic carbocycles. The van der Waals surface area contributed by atoms with Crippen molar-refractivity contribution < 1.29 is 0 Å². The molecule has 1 heteroatoms. The van der Waals surface area contributed by atoms with Crippen LogP contribution < -0.4 is 0 Å². The molecule has 0 amide bonds. The number of rotatable bonds is 3. The Morgan fingerprint density at radius 3 is 2.50 bits per heavy atom. The molecule has 0 aromatic heterocycles. The summed E-state index contributed by atoms with van der Waals surface area (Å²) in [6, 6.07) is 7.70. The quantitative estimate of drug-likeness (QED) is 0.750. The van der Waals surface area contributed by atoms with Gasteiger partial charge in [0.2, 0.25) is 0 Å². The van der Waals surface area contributed by atoms with Crippen LogP contribution in [0.15, 0.2) is 18.2 Å². The van der Waals surface area contributed by atoms with E-state index in [0.717, 1.165) is 6.54 Å². The number of hydrogen-bond acceptors (Lipinski definition) is 1. The Labute approximate surface area is 99.5 Å². The minimum Gasteiger partial charge on any atom is -0.300 e. The van der Waals surface area contributed by atoms with Crippen molar-refractivity contribution in [3.63, 3.8) is 0 Å². The predicted octanol–water partition coefficient (Wildman–Crippen LogP) is 3.41. The fourth-order valence-corrected chi connectivity index (χ4v) is 2.36. The van der Waals surface area contributed by atoms with Gasteiger partial charge in [-0.3, -0.25) is 4.90 Å². The van der Waals surface area contributed by atoms with Gasteiger partial charge in [0.05, 0.1) is 0 Å². The van der Waals surface area contributed by atoms with Crippen molar-refractivity contribution in [3.8, 4) is 0 Å². The molecule has 1 nitrogen and oxygen atoms in total. The number of nitrogens with zero attached hydrogens (tertiary/aromatic N) is 1. The van der Waals surface area contributed by atoms with Crippen molar-refractivity contribution in [1.82, 2.24) is 4.90 Å². The largest absolute Gasteiger partial charge is 0.300 e. The smallest absolute Gasteiger partial charge is 0.0233 e. The highest BCUT2D eigenvalue weighted by Gasteiger charge is 2.10. The normalized spacial score (nSPS) is 15.6. The fraction of sp³-hybridized carbons (Fsp3) is 0.600. The van der Waals surface area contributed by atoms with E-state index in [1.807, 2.05) is 0 Å². The third kappa shape index (κ3) is 2.65. The van der Waals surface area contributed by atoms with E-state index in [0.29, 0.717) is 6.04 Å². The summed E-state index contributed by atoms with van der Waals surface area (Å²) in [5, 5.41) is 0. The first kappa shape index (κ1) is 11.7. The third-order valence-electron chi connectivity index (χ3n) is 3.73. The van der Waals surface area contributed by atoms with Gasteiger partial charge in [0.1, 0.15) is 0 Å². The summed E-state index contributed by atoms with van der Waals surface area (Å²) in [4.78, 5) is 2.39. The van der Waals surface area contributed by atoms with E-state index in [2.05, 4.69) is 44.0 Å². The molecule has 0 saturated heterocycles. The van der Waals surface area contributed by atoms with Gasteiger partial charge in [-0.25, -0.2) is 0 Å². The Bertz CT molecular complexity index is 354. The van der Waals surface area contributed by atoms with E-state index in [-0.39, 0.29) is 0 Å². The van der Waals surface area contributed by atoms with E-state index in [1.165, 1.54) is 31.2 Å². The highest BCUT2D eigenvalue weighted by molar-refractivity contribution is 5.33. The molecule has 0 heterocycles. The molecule has 2 rings (SSSR count). The van der Waals surface area contributed by atoms with Crippen LogP contribution in [0.3, 0.4) is 0 Å². The van der Waals surface area contributed by atoms with Gasteiger partial charge in [-0.1, -0.05) is 18.2 Å². The SMILES string of the molecule is CC(C)N(C)Cc1ccc2c(c1)CCCC2. The molecule has 0 radical (unpaired) electrons. The molecule has 0 fully saturated rings. The Morgan fingerprint density at radius 2 is 1.81 bits per heavy atom. The second-order valence-corrected chi connectivity index (χ2v) is 5.32. The summed E-state index contributed by atoms with van der Waals surface area (Å²) in [5.74, 6) is 0. The monoisotopic (exact) mass is 217 g/mol. The highest BCUT2D eigenvalue weighted by atomic mass is 15.1. The van der Waals surface area contributed by atoms with Gasteiger partial charge < -0.3 is 0 Å². The van der Waals surface area contributed by atoms with Crippen LogP contribution in [0.1, 0.15) is 43.4 Å². The molecule has 0 N–H and O–H groups in total. The van der Waals surface area contributed by atoms with Crippen molar-refractivity contribution in [2.75, 3.05) is 7.05 Å². The van der Waals surface area contributed by atoms with Crippen LogP contribution in [0.5, 0.6) is 0 Å². The zero-order valence-electron chi connectivity index (χ0n) is 10.8. The van der Waals surface area contributed by atoms with Crippen molar-refractivity contribution in [2.45, 2.75) is 52.1 Å². The van der Waals surface area contributed by atoms with Gasteiger partial charge >= 0.3 is 0 Å². The minimum absolute atomic E-state index is 0.621. The summed E-state index contributed by atoms with van der Waals surface area (Å²) in [7, 11) is 2.20. The summed E-state index contributed by atoms with van der Waals surface area (Å²) >= 11 is 0. The second-order valence-electron chi connectivity index (χ2n) is 5.32. The Morgan fingerprint density at radius 1 is 1.12 bits per heavy atom. The molecule has 0 aliphatic heterocycles. The van der Waals surface area contributed by atoms with E-state index >= 15 is 0 Å². The van der Waals surface area contributed by atoms with Gasteiger partial charge in [0, 0.05) is 12.6 Å². The molecule has 1 aromatic rings. The molecular formula is C15H23N. The predicted molar refractivity (Wildman–Crippen MR) is 69.7 cm³/mol. The zero-order chi connectivity index (χ0) is 11.5. The molecule has 16 heavy (non-hydrogen) atoms. The molecule has 0 bridgehead atoms. The Hall–Kier alpha value is -0.820. The second kappa shape index (κ2) is 5.01. The molecule has 0 atom stereocenters. The average molecular weight is 217 g/mol. The lowest BCUT2D eigenvalue weighted by Crippen LogP contribution is -2.25. The lowest BCUT2D eigenvalue weighted by molar-refractivity contribution is 0.265. The van der Waals surface area contributed by atoms with Crippen molar-refractivity contribution >= 4 is 0 Å². The lowest BCUT2D eigenvalue weighted by atomic mass is 9.90. The van der Waals surface area contributed by atoms with E-state index in [9.17, 15) is 0 Å². The maximum atomic E-state index is 2.42. The fourth-order valence-electron chi connectivity index (χ4n) is 2.36. The molecule has 1 aliphatic rings. The van der Waals surface area contributed by atoms with Gasteiger partial charge in [0.25, 0.3) is 0 Å². The van der Waals surface area contributed by atoms with Gasteiger partial charge in [0.15, 0.2) is 0 Å². The van der Waals surface area contributed by atoms with Crippen molar-refractivity contribution in [1.29, 1.82) is 0 Å². The van der Waals surface area contributed by atoms with Crippen LogP contribution in [-0.4, -0.2) is 18.0 Å². The molecule has 0 unspecified atom stereocenters. The highest BCUT2D eigenvalue weighted by Crippen LogP contribution is 2.22. The topological polar surface area (TPSA) is 3.24 Å². The first-order chi connectivity index (χ1) is 7.66. The first-order valence-corrected chi connectivity index (χ1v) is 6.48. The van der Waals surface area contributed by atoms with Crippen LogP contribution in [0.2, 0.25) is 0 Å². The van der Waals surface area contributed by atoms with Gasteiger partial charge in [-0.2, -0.15) is 0 Å². The summed E-state index contributed by atoms with van der Waals surface area (Å²) in [6.07, 6.45) is 5.32. The summed E-state index contributed by atoms with van der Waals surface area (Å²) < 4.78 is 0. The average Bonchev–Trinajstić information content (AvgIpc) is 2.28. The maximum absolute atomic E-state index is 2.42. The summed E-state index contributed by atoms with van der Waals surface area (Å²) in [6.45, 7) is 5.57. The number of benzene rings is 1. The lowest BCUT2D eigenvalue weighted by Gasteiger charge is -2.22. The van der Waals surface area contributed by atoms with E-state index < -0.39 is 0 Å². The molecule has 0 spiro atoms. The molecular weight excluding hydrogens is 194 g/mol. The third-order valence-corrected chi connectivity index (χ3v) is 3.73. The Kier molecular flexibility index (Phi) is 3.65. The van der Waals surface area contributed by atoms with Crippen LogP contribution >= 0.6 is 0 Å². The van der Waals surface area contributed by atoms with E-state index in [1.54, 1.807) is 11.1 Å². The minimum atomic E-state index is 0.621. The van der Waals surface area contributed by atoms with Crippen LogP contribution in [-0.2, 0) is 19.4 Å². The molecule has 88 valence electrons. The van der Waals surface area contributed by atoms with Gasteiger partial charge in [-0.05, 0) is 63.3 Å². The van der Waals surface area contributed by atoms with Gasteiger partial charge in [-0.15, -0.1) is 0 Å². The van der Waals surface area contributed by atoms with Crippen LogP contribution in [0.4, 0.5) is 0 Å².